The van der Waals surface area contributed by atoms with E-state index in [4.69, 9.17) is 16.6 Å². The third kappa shape index (κ3) is 5.10. The van der Waals surface area contributed by atoms with Crippen molar-refractivity contribution in [2.24, 2.45) is 7.05 Å². The van der Waals surface area contributed by atoms with Crippen molar-refractivity contribution in [1.29, 1.82) is 0 Å². The summed E-state index contributed by atoms with van der Waals surface area (Å²) in [4.78, 5) is 31.6. The first-order chi connectivity index (χ1) is 18.4. The monoisotopic (exact) mass is 546 g/mol. The molecule has 0 spiro atoms. The summed E-state index contributed by atoms with van der Waals surface area (Å²) >= 11 is 6.99. The lowest BCUT2D eigenvalue weighted by atomic mass is 10.1. The van der Waals surface area contributed by atoms with Gasteiger partial charge in [-0.05, 0) is 47.9 Å². The van der Waals surface area contributed by atoms with Gasteiger partial charge in [-0.25, -0.2) is 9.37 Å². The predicted octanol–water partition coefficient (Wildman–Crippen LogP) is 6.48. The molecule has 0 fully saturated rings. The maximum atomic E-state index is 13.9. The van der Waals surface area contributed by atoms with Crippen molar-refractivity contribution in [3.63, 3.8) is 0 Å². The lowest BCUT2D eigenvalue weighted by Crippen LogP contribution is -2.24. The van der Waals surface area contributed by atoms with Gasteiger partial charge in [-0.15, -0.1) is 0 Å². The van der Waals surface area contributed by atoms with Crippen molar-refractivity contribution in [2.75, 3.05) is 11.1 Å². The Hall–Kier alpha value is -3.88. The SMILES string of the molecule is CCc1ccc(-n2c(SCC(=O)Nc3ccc(F)c(Cl)c3)nc3c(-c4ccccc4)cn(C)c3c2=O)cc1. The van der Waals surface area contributed by atoms with Gasteiger partial charge in [-0.1, -0.05) is 72.8 Å². The van der Waals surface area contributed by atoms with Crippen LogP contribution in [0, 0.1) is 5.82 Å². The molecule has 0 atom stereocenters. The molecular weight excluding hydrogens is 523 g/mol. The van der Waals surface area contributed by atoms with Gasteiger partial charge in [0.2, 0.25) is 5.91 Å². The van der Waals surface area contributed by atoms with Gasteiger partial charge in [0.1, 0.15) is 16.9 Å². The molecular formula is C29H24ClFN4O2S. The van der Waals surface area contributed by atoms with Gasteiger partial charge < -0.3 is 9.88 Å². The fourth-order valence-corrected chi connectivity index (χ4v) is 5.24. The largest absolute Gasteiger partial charge is 0.344 e. The maximum Gasteiger partial charge on any atom is 0.283 e. The average Bonchev–Trinajstić information content (AvgIpc) is 3.26. The lowest BCUT2D eigenvalue weighted by Gasteiger charge is -2.14. The number of aryl methyl sites for hydroxylation is 2. The van der Waals surface area contributed by atoms with Crippen molar-refractivity contribution in [2.45, 2.75) is 18.5 Å². The summed E-state index contributed by atoms with van der Waals surface area (Å²) in [7, 11) is 1.83. The third-order valence-corrected chi connectivity index (χ3v) is 7.41. The zero-order valence-corrected chi connectivity index (χ0v) is 22.3. The Morgan fingerprint density at radius 2 is 1.82 bits per heavy atom. The van der Waals surface area contributed by atoms with Gasteiger partial charge in [0, 0.05) is 24.5 Å². The first-order valence-corrected chi connectivity index (χ1v) is 13.4. The van der Waals surface area contributed by atoms with Crippen molar-refractivity contribution in [3.8, 4) is 16.8 Å². The number of hydrogen-bond donors (Lipinski definition) is 1. The minimum Gasteiger partial charge on any atom is -0.344 e. The molecule has 0 unspecified atom stereocenters. The smallest absolute Gasteiger partial charge is 0.283 e. The first kappa shape index (κ1) is 25.8. The number of carbonyl (C=O) groups excluding carboxylic acids is 1. The van der Waals surface area contributed by atoms with Crippen LogP contribution in [0.25, 0.3) is 27.8 Å². The molecule has 0 aliphatic rings. The second-order valence-corrected chi connectivity index (χ2v) is 10.1. The molecule has 0 aliphatic carbocycles. The van der Waals surface area contributed by atoms with Crippen molar-refractivity contribution in [1.82, 2.24) is 14.1 Å². The molecule has 0 saturated carbocycles. The van der Waals surface area contributed by atoms with Gasteiger partial charge in [0.05, 0.1) is 16.5 Å². The van der Waals surface area contributed by atoms with E-state index >= 15 is 0 Å². The fraction of sp³-hybridized carbons (Fsp3) is 0.138. The summed E-state index contributed by atoms with van der Waals surface area (Å²) in [6.45, 7) is 2.07. The normalized spacial score (nSPS) is 11.2. The summed E-state index contributed by atoms with van der Waals surface area (Å²) < 4.78 is 16.8. The van der Waals surface area contributed by atoms with Gasteiger partial charge >= 0.3 is 0 Å². The molecule has 0 bridgehead atoms. The molecule has 1 N–H and O–H groups in total. The number of anilines is 1. The summed E-state index contributed by atoms with van der Waals surface area (Å²) in [6, 6.07) is 21.5. The van der Waals surface area contributed by atoms with E-state index in [9.17, 15) is 14.0 Å². The standard InChI is InChI=1S/C29H24ClFN4O2S/c1-3-18-9-12-21(13-10-18)35-28(37)27-26(22(16-34(27)2)19-7-5-4-6-8-19)33-29(35)38-17-25(36)32-20-11-14-24(31)23(30)15-20/h4-16H,3,17H2,1-2H3,(H,32,36). The zero-order valence-electron chi connectivity index (χ0n) is 20.7. The van der Waals surface area contributed by atoms with Crippen LogP contribution in [-0.2, 0) is 18.3 Å². The zero-order chi connectivity index (χ0) is 26.8. The molecule has 2 aromatic heterocycles. The Kier molecular flexibility index (Phi) is 7.35. The molecule has 0 saturated heterocycles. The number of thioether (sulfide) groups is 1. The molecule has 0 radical (unpaired) electrons. The molecule has 9 heteroatoms. The van der Waals surface area contributed by atoms with E-state index in [1.165, 1.54) is 18.2 Å². The number of aromatic nitrogens is 3. The number of hydrogen-bond acceptors (Lipinski definition) is 4. The third-order valence-electron chi connectivity index (χ3n) is 6.18. The Labute approximate surface area is 228 Å². The quantitative estimate of drug-likeness (QED) is 0.187. The number of amides is 1. The molecule has 192 valence electrons. The number of carbonyl (C=O) groups is 1. The van der Waals surface area contributed by atoms with Crippen LogP contribution >= 0.6 is 23.4 Å². The lowest BCUT2D eigenvalue weighted by molar-refractivity contribution is -0.113. The molecule has 5 rings (SSSR count). The molecule has 5 aromatic rings. The molecule has 0 aliphatic heterocycles. The average molecular weight is 547 g/mol. The molecule has 1 amide bonds. The van der Waals surface area contributed by atoms with Gasteiger partial charge in [0.25, 0.3) is 5.56 Å². The summed E-state index contributed by atoms with van der Waals surface area (Å²) in [5.74, 6) is -0.920. The minimum absolute atomic E-state index is 0.0203. The van der Waals surface area contributed by atoms with E-state index in [-0.39, 0.29) is 22.2 Å². The van der Waals surface area contributed by atoms with Crippen molar-refractivity contribution in [3.05, 3.63) is 106 Å². The van der Waals surface area contributed by atoms with E-state index in [1.807, 2.05) is 67.8 Å². The highest BCUT2D eigenvalue weighted by atomic mass is 35.5. The summed E-state index contributed by atoms with van der Waals surface area (Å²) in [6.07, 6.45) is 2.78. The summed E-state index contributed by atoms with van der Waals surface area (Å²) in [5.41, 5.74) is 4.78. The Balaban J connectivity index is 1.57. The molecule has 3 aromatic carbocycles. The van der Waals surface area contributed by atoms with Crippen LogP contribution in [0.1, 0.15) is 12.5 Å². The van der Waals surface area contributed by atoms with Crippen LogP contribution in [0.2, 0.25) is 5.02 Å². The van der Waals surface area contributed by atoms with Gasteiger partial charge in [-0.3, -0.25) is 14.2 Å². The number of nitrogens with one attached hydrogen (secondary N) is 1. The predicted molar refractivity (Wildman–Crippen MR) is 152 cm³/mol. The number of nitrogens with zero attached hydrogens (tertiary/aromatic N) is 3. The van der Waals surface area contributed by atoms with Crippen LogP contribution < -0.4 is 10.9 Å². The topological polar surface area (TPSA) is 68.9 Å². The van der Waals surface area contributed by atoms with Crippen molar-refractivity contribution < 1.29 is 9.18 Å². The molecule has 2 heterocycles. The van der Waals surface area contributed by atoms with Crippen LogP contribution in [0.4, 0.5) is 10.1 Å². The van der Waals surface area contributed by atoms with E-state index < -0.39 is 5.82 Å². The van der Waals surface area contributed by atoms with E-state index in [0.29, 0.717) is 27.6 Å². The fourth-order valence-electron chi connectivity index (χ4n) is 4.25. The molecule has 38 heavy (non-hydrogen) atoms. The van der Waals surface area contributed by atoms with Gasteiger partial charge in [-0.2, -0.15) is 0 Å². The Bertz CT molecular complexity index is 1700. The summed E-state index contributed by atoms with van der Waals surface area (Å²) in [5, 5.41) is 3.03. The minimum atomic E-state index is -0.563. The second kappa shape index (κ2) is 10.8. The van der Waals surface area contributed by atoms with Crippen molar-refractivity contribution >= 4 is 46.0 Å². The molecule has 6 nitrogen and oxygen atoms in total. The highest BCUT2D eigenvalue weighted by Gasteiger charge is 2.20. The Morgan fingerprint density at radius 3 is 2.50 bits per heavy atom. The highest BCUT2D eigenvalue weighted by molar-refractivity contribution is 7.99. The van der Waals surface area contributed by atoms with Crippen LogP contribution in [0.5, 0.6) is 0 Å². The number of rotatable bonds is 7. The number of halogens is 2. The van der Waals surface area contributed by atoms with Crippen LogP contribution in [0.15, 0.2) is 88.9 Å². The van der Waals surface area contributed by atoms with E-state index in [1.54, 1.807) is 9.13 Å². The van der Waals surface area contributed by atoms with Crippen LogP contribution in [-0.4, -0.2) is 25.8 Å². The number of fused-ring (bicyclic) bond motifs is 1. The highest BCUT2D eigenvalue weighted by Crippen LogP contribution is 2.30. The van der Waals surface area contributed by atoms with Gasteiger partial charge in [0.15, 0.2) is 5.16 Å². The second-order valence-electron chi connectivity index (χ2n) is 8.74. The Morgan fingerprint density at radius 1 is 1.08 bits per heavy atom. The van der Waals surface area contributed by atoms with Crippen LogP contribution in [0.3, 0.4) is 0 Å². The maximum absolute atomic E-state index is 13.9. The first-order valence-electron chi connectivity index (χ1n) is 12.0. The van der Waals surface area contributed by atoms with E-state index in [0.717, 1.165) is 34.9 Å². The van der Waals surface area contributed by atoms with E-state index in [2.05, 4.69) is 12.2 Å². The number of benzene rings is 3.